The number of rotatable bonds is 7. The van der Waals surface area contributed by atoms with Crippen molar-refractivity contribution < 1.29 is 9.53 Å². The van der Waals surface area contributed by atoms with Gasteiger partial charge >= 0.3 is 0 Å². The lowest BCUT2D eigenvalue weighted by molar-refractivity contribution is 0.0935. The number of carbonyl (C=O) groups is 1. The van der Waals surface area contributed by atoms with Crippen LogP contribution in [0.1, 0.15) is 52.0 Å². The molecule has 3 aromatic carbocycles. The van der Waals surface area contributed by atoms with E-state index in [1.165, 1.54) is 16.7 Å². The standard InChI is InChI=1S/C27H30N2O2/c1-3-26(22-12-14-25(31-2)15-13-22)28-27(30)23-10-8-20(9-11-23)18-29-17-16-21-6-4-5-7-24(21)19-29/h4-15,26H,3,16-19H2,1-2H3,(H,28,30)/t26-/m0/s1. The monoisotopic (exact) mass is 414 g/mol. The minimum Gasteiger partial charge on any atom is -0.497 e. The van der Waals surface area contributed by atoms with Crippen LogP contribution in [0.5, 0.6) is 5.75 Å². The van der Waals surface area contributed by atoms with E-state index in [2.05, 4.69) is 53.5 Å². The minimum absolute atomic E-state index is 0.0218. The lowest BCUT2D eigenvalue weighted by atomic mass is 9.99. The first-order valence-electron chi connectivity index (χ1n) is 11.0. The zero-order chi connectivity index (χ0) is 21.6. The molecular formula is C27H30N2O2. The minimum atomic E-state index is -0.0406. The zero-order valence-electron chi connectivity index (χ0n) is 18.3. The molecule has 1 amide bonds. The summed E-state index contributed by atoms with van der Waals surface area (Å²) < 4.78 is 5.23. The Balaban J connectivity index is 1.36. The van der Waals surface area contributed by atoms with Gasteiger partial charge in [0.15, 0.2) is 0 Å². The third kappa shape index (κ3) is 5.15. The maximum atomic E-state index is 12.8. The Morgan fingerprint density at radius 3 is 2.39 bits per heavy atom. The molecule has 1 heterocycles. The predicted molar refractivity (Wildman–Crippen MR) is 124 cm³/mol. The second-order valence-corrected chi connectivity index (χ2v) is 8.13. The number of nitrogens with zero attached hydrogens (tertiary/aromatic N) is 1. The first-order chi connectivity index (χ1) is 15.2. The number of hydrogen-bond acceptors (Lipinski definition) is 3. The van der Waals surface area contributed by atoms with Crippen LogP contribution in [0.15, 0.2) is 72.8 Å². The quantitative estimate of drug-likeness (QED) is 0.582. The lowest BCUT2D eigenvalue weighted by Gasteiger charge is -2.28. The van der Waals surface area contributed by atoms with Gasteiger partial charge < -0.3 is 10.1 Å². The fourth-order valence-corrected chi connectivity index (χ4v) is 4.21. The largest absolute Gasteiger partial charge is 0.497 e. The van der Waals surface area contributed by atoms with Gasteiger partial charge in [-0.1, -0.05) is 55.5 Å². The van der Waals surface area contributed by atoms with E-state index in [1.54, 1.807) is 7.11 Å². The van der Waals surface area contributed by atoms with E-state index in [1.807, 2.05) is 36.4 Å². The van der Waals surface area contributed by atoms with Crippen molar-refractivity contribution in [1.29, 1.82) is 0 Å². The molecule has 4 rings (SSSR count). The summed E-state index contributed by atoms with van der Waals surface area (Å²) in [5.74, 6) is 0.777. The molecule has 0 spiro atoms. The Bertz CT molecular complexity index is 1010. The smallest absolute Gasteiger partial charge is 0.251 e. The van der Waals surface area contributed by atoms with Crippen LogP contribution in [-0.4, -0.2) is 24.5 Å². The Morgan fingerprint density at radius 2 is 1.71 bits per heavy atom. The van der Waals surface area contributed by atoms with E-state index in [9.17, 15) is 4.79 Å². The summed E-state index contributed by atoms with van der Waals surface area (Å²) >= 11 is 0. The molecule has 1 atom stereocenters. The van der Waals surface area contributed by atoms with Crippen LogP contribution in [0.3, 0.4) is 0 Å². The Morgan fingerprint density at radius 1 is 1.00 bits per heavy atom. The molecule has 4 nitrogen and oxygen atoms in total. The first-order valence-corrected chi connectivity index (χ1v) is 11.0. The number of hydrogen-bond donors (Lipinski definition) is 1. The summed E-state index contributed by atoms with van der Waals surface area (Å²) in [4.78, 5) is 15.3. The Hall–Kier alpha value is -3.11. The maximum Gasteiger partial charge on any atom is 0.251 e. The average Bonchev–Trinajstić information content (AvgIpc) is 2.83. The number of benzene rings is 3. The number of amides is 1. The third-order valence-corrected chi connectivity index (χ3v) is 6.06. The van der Waals surface area contributed by atoms with E-state index in [0.29, 0.717) is 5.56 Å². The van der Waals surface area contributed by atoms with Crippen molar-refractivity contribution in [1.82, 2.24) is 10.2 Å². The van der Waals surface area contributed by atoms with Crippen LogP contribution in [0.4, 0.5) is 0 Å². The molecule has 1 aliphatic rings. The molecule has 31 heavy (non-hydrogen) atoms. The third-order valence-electron chi connectivity index (χ3n) is 6.06. The highest BCUT2D eigenvalue weighted by atomic mass is 16.5. The van der Waals surface area contributed by atoms with E-state index in [-0.39, 0.29) is 11.9 Å². The molecule has 1 aliphatic heterocycles. The molecule has 3 aromatic rings. The van der Waals surface area contributed by atoms with Gasteiger partial charge in [-0.2, -0.15) is 0 Å². The molecule has 1 N–H and O–H groups in total. The SMILES string of the molecule is CC[C@H](NC(=O)c1ccc(CN2CCc3ccccc3C2)cc1)c1ccc(OC)cc1. The van der Waals surface area contributed by atoms with E-state index >= 15 is 0 Å². The van der Waals surface area contributed by atoms with Crippen LogP contribution < -0.4 is 10.1 Å². The molecule has 160 valence electrons. The van der Waals surface area contributed by atoms with Crippen LogP contribution in [0.2, 0.25) is 0 Å². The number of methoxy groups -OCH3 is 1. The zero-order valence-corrected chi connectivity index (χ0v) is 18.3. The molecule has 0 aliphatic carbocycles. The summed E-state index contributed by atoms with van der Waals surface area (Å²) in [6.07, 6.45) is 1.92. The van der Waals surface area contributed by atoms with Gasteiger partial charge in [-0.25, -0.2) is 0 Å². The number of carbonyl (C=O) groups excluding carboxylic acids is 1. The van der Waals surface area contributed by atoms with Crippen molar-refractivity contribution in [2.75, 3.05) is 13.7 Å². The van der Waals surface area contributed by atoms with Crippen molar-refractivity contribution >= 4 is 5.91 Å². The van der Waals surface area contributed by atoms with Crippen LogP contribution in [0.25, 0.3) is 0 Å². The molecule has 0 saturated carbocycles. The number of ether oxygens (including phenoxy) is 1. The summed E-state index contributed by atoms with van der Waals surface area (Å²) in [6.45, 7) is 5.03. The first kappa shape index (κ1) is 21.1. The topological polar surface area (TPSA) is 41.6 Å². The van der Waals surface area contributed by atoms with Crippen molar-refractivity contribution in [3.63, 3.8) is 0 Å². The fraction of sp³-hybridized carbons (Fsp3) is 0.296. The Labute approximate surface area is 184 Å². The number of nitrogens with one attached hydrogen (secondary N) is 1. The fourth-order valence-electron chi connectivity index (χ4n) is 4.21. The maximum absolute atomic E-state index is 12.8. The molecule has 0 aromatic heterocycles. The molecule has 4 heteroatoms. The summed E-state index contributed by atoms with van der Waals surface area (Å²) in [7, 11) is 1.65. The second kappa shape index (κ2) is 9.80. The van der Waals surface area contributed by atoms with Gasteiger partial charge in [0.2, 0.25) is 0 Å². The highest BCUT2D eigenvalue weighted by molar-refractivity contribution is 5.94. The Kier molecular flexibility index (Phi) is 6.68. The average molecular weight is 415 g/mol. The normalized spacial score (nSPS) is 14.5. The van der Waals surface area contributed by atoms with E-state index in [4.69, 9.17) is 4.74 Å². The van der Waals surface area contributed by atoms with Crippen LogP contribution in [-0.2, 0) is 19.5 Å². The van der Waals surface area contributed by atoms with Crippen LogP contribution in [0, 0.1) is 0 Å². The lowest BCUT2D eigenvalue weighted by Crippen LogP contribution is -2.30. The highest BCUT2D eigenvalue weighted by Gasteiger charge is 2.17. The molecule has 0 radical (unpaired) electrons. The van der Waals surface area contributed by atoms with Gasteiger partial charge in [-0.15, -0.1) is 0 Å². The molecular weight excluding hydrogens is 384 g/mol. The summed E-state index contributed by atoms with van der Waals surface area (Å²) in [5.41, 5.74) is 5.90. The van der Waals surface area contributed by atoms with Crippen molar-refractivity contribution in [2.45, 2.75) is 38.9 Å². The van der Waals surface area contributed by atoms with Gasteiger partial charge in [0, 0.05) is 25.2 Å². The number of fused-ring (bicyclic) bond motifs is 1. The van der Waals surface area contributed by atoms with E-state index < -0.39 is 0 Å². The van der Waals surface area contributed by atoms with Crippen LogP contribution >= 0.6 is 0 Å². The summed E-state index contributed by atoms with van der Waals surface area (Å²) in [6, 6.07) is 24.6. The van der Waals surface area contributed by atoms with Crippen molar-refractivity contribution in [3.8, 4) is 5.75 Å². The van der Waals surface area contributed by atoms with Gasteiger partial charge in [0.05, 0.1) is 13.2 Å². The highest BCUT2D eigenvalue weighted by Crippen LogP contribution is 2.22. The van der Waals surface area contributed by atoms with Gasteiger partial charge in [0.25, 0.3) is 5.91 Å². The molecule has 0 saturated heterocycles. The van der Waals surface area contributed by atoms with Gasteiger partial charge in [-0.3, -0.25) is 9.69 Å². The second-order valence-electron chi connectivity index (χ2n) is 8.13. The van der Waals surface area contributed by atoms with Crippen molar-refractivity contribution in [3.05, 3.63) is 101 Å². The molecule has 0 unspecified atom stereocenters. The van der Waals surface area contributed by atoms with E-state index in [0.717, 1.165) is 43.8 Å². The van der Waals surface area contributed by atoms with Crippen molar-refractivity contribution in [2.24, 2.45) is 0 Å². The molecule has 0 bridgehead atoms. The summed E-state index contributed by atoms with van der Waals surface area (Å²) in [5, 5.41) is 3.16. The molecule has 0 fully saturated rings. The van der Waals surface area contributed by atoms with Gasteiger partial charge in [-0.05, 0) is 59.4 Å². The predicted octanol–water partition coefficient (Wildman–Crippen LogP) is 5.13. The van der Waals surface area contributed by atoms with Gasteiger partial charge in [0.1, 0.15) is 5.75 Å².